The number of rotatable bonds is 4. The van der Waals surface area contributed by atoms with E-state index in [1.165, 1.54) is 0 Å². The third-order valence-corrected chi connectivity index (χ3v) is 1.66. The lowest BCUT2D eigenvalue weighted by atomic mass is 10.4. The number of amides is 1. The van der Waals surface area contributed by atoms with Crippen LogP contribution in [0.15, 0.2) is 28.2 Å². The van der Waals surface area contributed by atoms with Crippen LogP contribution in [-0.4, -0.2) is 12.5 Å². The first kappa shape index (κ1) is 10.8. The van der Waals surface area contributed by atoms with Gasteiger partial charge in [0.1, 0.15) is 5.76 Å². The van der Waals surface area contributed by atoms with E-state index in [-0.39, 0.29) is 24.8 Å². The number of nitrogens with one attached hydrogen (secondary N) is 1. The van der Waals surface area contributed by atoms with Gasteiger partial charge in [0.25, 0.3) is 5.91 Å². The summed E-state index contributed by atoms with van der Waals surface area (Å²) < 4.78 is 5.12. The van der Waals surface area contributed by atoms with Gasteiger partial charge < -0.3 is 15.5 Å². The second-order valence-corrected chi connectivity index (χ2v) is 3.20. The Bertz CT molecular complexity index is 346. The summed E-state index contributed by atoms with van der Waals surface area (Å²) in [7, 11) is 0. The highest BCUT2D eigenvalue weighted by Crippen LogP contribution is 2.06. The van der Waals surface area contributed by atoms with Crippen LogP contribution in [0.5, 0.6) is 0 Å². The quantitative estimate of drug-likeness (QED) is 0.792. The highest BCUT2D eigenvalue weighted by Gasteiger charge is 2.09. The van der Waals surface area contributed by atoms with Crippen molar-refractivity contribution in [2.75, 3.05) is 6.54 Å². The summed E-state index contributed by atoms with van der Waals surface area (Å²) in [6.45, 7) is 3.94. The van der Waals surface area contributed by atoms with Gasteiger partial charge in [0.15, 0.2) is 5.76 Å². The maximum atomic E-state index is 11.3. The molecule has 0 aliphatic rings. The van der Waals surface area contributed by atoms with Crippen molar-refractivity contribution in [3.8, 4) is 0 Å². The fourth-order valence-electron chi connectivity index (χ4n) is 0.873. The Kier molecular flexibility index (Phi) is 3.73. The highest BCUT2D eigenvalue weighted by atomic mass is 35.5. The van der Waals surface area contributed by atoms with Crippen molar-refractivity contribution in [2.24, 2.45) is 5.73 Å². The van der Waals surface area contributed by atoms with Gasteiger partial charge in [-0.15, -0.1) is 0 Å². The molecule has 1 heterocycles. The highest BCUT2D eigenvalue weighted by molar-refractivity contribution is 6.29. The third-order valence-electron chi connectivity index (χ3n) is 1.53. The van der Waals surface area contributed by atoms with Gasteiger partial charge >= 0.3 is 0 Å². The SMILES string of the molecule is C=C(Cl)CNC(=O)c1ccc(CN)o1. The van der Waals surface area contributed by atoms with Crippen molar-refractivity contribution in [2.45, 2.75) is 6.54 Å². The number of halogens is 1. The molecule has 1 rings (SSSR count). The second kappa shape index (κ2) is 4.83. The Morgan fingerprint density at radius 1 is 1.64 bits per heavy atom. The fraction of sp³-hybridized carbons (Fsp3) is 0.222. The maximum Gasteiger partial charge on any atom is 0.287 e. The van der Waals surface area contributed by atoms with E-state index in [2.05, 4.69) is 11.9 Å². The van der Waals surface area contributed by atoms with E-state index in [1.54, 1.807) is 12.1 Å². The zero-order valence-electron chi connectivity index (χ0n) is 7.55. The van der Waals surface area contributed by atoms with Crippen molar-refractivity contribution in [1.29, 1.82) is 0 Å². The summed E-state index contributed by atoms with van der Waals surface area (Å²) in [5.41, 5.74) is 5.32. The zero-order chi connectivity index (χ0) is 10.6. The molecule has 5 heteroatoms. The summed E-state index contributed by atoms with van der Waals surface area (Å²) in [5.74, 6) is 0.467. The van der Waals surface area contributed by atoms with Crippen LogP contribution in [0.4, 0.5) is 0 Å². The number of nitrogens with two attached hydrogens (primary N) is 1. The van der Waals surface area contributed by atoms with Gasteiger partial charge in [-0.3, -0.25) is 4.79 Å². The molecule has 0 unspecified atom stereocenters. The molecular weight excluding hydrogens is 204 g/mol. The first-order chi connectivity index (χ1) is 6.63. The minimum absolute atomic E-state index is 0.221. The lowest BCUT2D eigenvalue weighted by Crippen LogP contribution is -2.23. The molecule has 0 saturated carbocycles. The Balaban J connectivity index is 2.56. The summed E-state index contributed by atoms with van der Waals surface area (Å²) >= 11 is 5.48. The van der Waals surface area contributed by atoms with Crippen molar-refractivity contribution < 1.29 is 9.21 Å². The molecule has 1 aromatic rings. The van der Waals surface area contributed by atoms with Crippen LogP contribution in [0.25, 0.3) is 0 Å². The molecule has 1 amide bonds. The summed E-state index contributed by atoms with van der Waals surface area (Å²) in [4.78, 5) is 11.3. The predicted octanol–water partition coefficient (Wildman–Crippen LogP) is 1.22. The monoisotopic (exact) mass is 214 g/mol. The lowest BCUT2D eigenvalue weighted by Gasteiger charge is -1.99. The minimum atomic E-state index is -0.327. The number of hydrogen-bond acceptors (Lipinski definition) is 3. The van der Waals surface area contributed by atoms with Crippen molar-refractivity contribution in [1.82, 2.24) is 5.32 Å². The smallest absolute Gasteiger partial charge is 0.287 e. The van der Waals surface area contributed by atoms with Gasteiger partial charge in [-0.1, -0.05) is 18.2 Å². The molecule has 14 heavy (non-hydrogen) atoms. The average Bonchev–Trinajstić information content (AvgIpc) is 2.62. The number of carbonyl (C=O) groups is 1. The van der Waals surface area contributed by atoms with E-state index in [9.17, 15) is 4.79 Å². The molecule has 3 N–H and O–H groups in total. The van der Waals surface area contributed by atoms with Gasteiger partial charge in [-0.2, -0.15) is 0 Å². The van der Waals surface area contributed by atoms with Gasteiger partial charge in [-0.25, -0.2) is 0 Å². The average molecular weight is 215 g/mol. The van der Waals surface area contributed by atoms with Crippen LogP contribution < -0.4 is 11.1 Å². The standard InChI is InChI=1S/C9H11ClN2O2/c1-6(10)5-12-9(13)8-3-2-7(4-11)14-8/h2-3H,1,4-5,11H2,(H,12,13). The molecule has 0 saturated heterocycles. The van der Waals surface area contributed by atoms with Crippen LogP contribution in [0, 0.1) is 0 Å². The van der Waals surface area contributed by atoms with E-state index in [0.29, 0.717) is 10.8 Å². The number of carbonyl (C=O) groups excluding carboxylic acids is 1. The molecular formula is C9H11ClN2O2. The van der Waals surface area contributed by atoms with Crippen LogP contribution in [-0.2, 0) is 6.54 Å². The Hall–Kier alpha value is -1.26. The van der Waals surface area contributed by atoms with Crippen LogP contribution in [0.3, 0.4) is 0 Å². The molecule has 0 bridgehead atoms. The molecule has 0 spiro atoms. The van der Waals surface area contributed by atoms with Crippen molar-refractivity contribution in [3.05, 3.63) is 35.3 Å². The number of hydrogen-bond donors (Lipinski definition) is 2. The van der Waals surface area contributed by atoms with Crippen LogP contribution in [0.1, 0.15) is 16.3 Å². The van der Waals surface area contributed by atoms with Gasteiger partial charge in [-0.05, 0) is 12.1 Å². The van der Waals surface area contributed by atoms with Crippen molar-refractivity contribution >= 4 is 17.5 Å². The molecule has 76 valence electrons. The third kappa shape index (κ3) is 2.90. The first-order valence-electron chi connectivity index (χ1n) is 4.03. The summed E-state index contributed by atoms with van der Waals surface area (Å²) in [5, 5.41) is 2.90. The topological polar surface area (TPSA) is 68.3 Å². The molecule has 0 aliphatic carbocycles. The van der Waals surface area contributed by atoms with E-state index in [0.717, 1.165) is 0 Å². The first-order valence-corrected chi connectivity index (χ1v) is 4.41. The Morgan fingerprint density at radius 3 is 2.86 bits per heavy atom. The molecule has 0 aliphatic heterocycles. The summed E-state index contributed by atoms with van der Waals surface area (Å²) in [6.07, 6.45) is 0. The molecule has 0 fully saturated rings. The molecule has 1 aromatic heterocycles. The normalized spacial score (nSPS) is 9.86. The van der Waals surface area contributed by atoms with E-state index in [1.807, 2.05) is 0 Å². The van der Waals surface area contributed by atoms with Crippen molar-refractivity contribution in [3.63, 3.8) is 0 Å². The molecule has 0 atom stereocenters. The zero-order valence-corrected chi connectivity index (χ0v) is 8.30. The fourth-order valence-corrected chi connectivity index (χ4v) is 0.940. The minimum Gasteiger partial charge on any atom is -0.455 e. The molecule has 0 aromatic carbocycles. The van der Waals surface area contributed by atoms with E-state index in [4.69, 9.17) is 21.8 Å². The van der Waals surface area contributed by atoms with E-state index < -0.39 is 0 Å². The van der Waals surface area contributed by atoms with Gasteiger partial charge in [0.05, 0.1) is 13.1 Å². The lowest BCUT2D eigenvalue weighted by molar-refractivity contribution is 0.0928. The van der Waals surface area contributed by atoms with Gasteiger partial charge in [0, 0.05) is 5.03 Å². The van der Waals surface area contributed by atoms with E-state index >= 15 is 0 Å². The molecule has 4 nitrogen and oxygen atoms in total. The number of furan rings is 1. The summed E-state index contributed by atoms with van der Waals surface area (Å²) in [6, 6.07) is 3.22. The second-order valence-electron chi connectivity index (χ2n) is 2.67. The molecule has 0 radical (unpaired) electrons. The Morgan fingerprint density at radius 2 is 2.36 bits per heavy atom. The van der Waals surface area contributed by atoms with Crippen LogP contribution in [0.2, 0.25) is 0 Å². The predicted molar refractivity (Wildman–Crippen MR) is 53.9 cm³/mol. The Labute approximate surface area is 86.7 Å². The largest absolute Gasteiger partial charge is 0.455 e. The maximum absolute atomic E-state index is 11.3. The van der Waals surface area contributed by atoms with Crippen LogP contribution >= 0.6 is 11.6 Å². The van der Waals surface area contributed by atoms with Gasteiger partial charge in [0.2, 0.25) is 0 Å².